The van der Waals surface area contributed by atoms with Crippen molar-refractivity contribution in [2.75, 3.05) is 11.9 Å². The van der Waals surface area contributed by atoms with Crippen molar-refractivity contribution in [1.82, 2.24) is 14.6 Å². The molecule has 0 fully saturated rings. The lowest BCUT2D eigenvalue weighted by atomic mass is 9.94. The molecule has 2 N–H and O–H groups in total. The Bertz CT molecular complexity index is 875. The Balaban J connectivity index is 1.87. The smallest absolute Gasteiger partial charge is 0.275 e. The zero-order valence-corrected chi connectivity index (χ0v) is 14.5. The van der Waals surface area contributed by atoms with Crippen LogP contribution >= 0.6 is 11.3 Å². The number of aliphatic hydroxyl groups excluding tert-OH is 1. The number of hydrogen-bond acceptors (Lipinski definition) is 6. The summed E-state index contributed by atoms with van der Waals surface area (Å²) < 4.78 is 1.30. The molecule has 1 aromatic carbocycles. The summed E-state index contributed by atoms with van der Waals surface area (Å²) in [6.45, 7) is 3.98. The molecular formula is C17H20N4O2S. The fraction of sp³-hybridized carbons (Fsp3) is 0.353. The minimum atomic E-state index is -0.200. The van der Waals surface area contributed by atoms with E-state index in [1.165, 1.54) is 21.9 Å². The van der Waals surface area contributed by atoms with Crippen molar-refractivity contribution < 1.29 is 5.11 Å². The predicted molar refractivity (Wildman–Crippen MR) is 95.9 cm³/mol. The highest BCUT2D eigenvalue weighted by atomic mass is 32.1. The van der Waals surface area contributed by atoms with E-state index in [0.29, 0.717) is 16.5 Å². The van der Waals surface area contributed by atoms with E-state index >= 15 is 0 Å². The Morgan fingerprint density at radius 3 is 2.75 bits per heavy atom. The minimum absolute atomic E-state index is 0.0332. The van der Waals surface area contributed by atoms with Crippen LogP contribution < -0.4 is 10.9 Å². The molecule has 24 heavy (non-hydrogen) atoms. The molecule has 0 aliphatic rings. The van der Waals surface area contributed by atoms with Crippen molar-refractivity contribution in [2.24, 2.45) is 0 Å². The summed E-state index contributed by atoms with van der Waals surface area (Å²) in [6.07, 6.45) is 0.705. The first-order chi connectivity index (χ1) is 11.6. The van der Waals surface area contributed by atoms with Crippen molar-refractivity contribution in [3.63, 3.8) is 0 Å². The zero-order chi connectivity index (χ0) is 17.1. The van der Waals surface area contributed by atoms with Gasteiger partial charge in [-0.2, -0.15) is 4.52 Å². The lowest BCUT2D eigenvalue weighted by Crippen LogP contribution is -2.29. The van der Waals surface area contributed by atoms with Gasteiger partial charge in [-0.15, -0.1) is 5.10 Å². The van der Waals surface area contributed by atoms with Crippen LogP contribution in [-0.2, 0) is 6.42 Å². The summed E-state index contributed by atoms with van der Waals surface area (Å²) in [5.74, 6) is 0.0964. The Kier molecular flexibility index (Phi) is 4.92. The van der Waals surface area contributed by atoms with Gasteiger partial charge in [-0.25, -0.2) is 4.98 Å². The van der Waals surface area contributed by atoms with Gasteiger partial charge in [0.25, 0.3) is 5.56 Å². The zero-order valence-electron chi connectivity index (χ0n) is 13.6. The molecule has 0 saturated heterocycles. The molecule has 3 rings (SSSR count). The molecule has 2 atom stereocenters. The molecule has 0 amide bonds. The molecule has 2 aromatic heterocycles. The summed E-state index contributed by atoms with van der Waals surface area (Å²) >= 11 is 1.32. The fourth-order valence-electron chi connectivity index (χ4n) is 2.57. The quantitative estimate of drug-likeness (QED) is 0.717. The van der Waals surface area contributed by atoms with Gasteiger partial charge in [0.1, 0.15) is 0 Å². The van der Waals surface area contributed by atoms with Crippen LogP contribution in [-0.4, -0.2) is 32.4 Å². The fourth-order valence-corrected chi connectivity index (χ4v) is 3.46. The van der Waals surface area contributed by atoms with Gasteiger partial charge in [0.15, 0.2) is 0 Å². The molecule has 0 radical (unpaired) electrons. The Hall–Kier alpha value is -2.25. The number of hydrogen-bond donors (Lipinski definition) is 2. The first-order valence-electron chi connectivity index (χ1n) is 7.94. The first-order valence-corrected chi connectivity index (χ1v) is 8.76. The highest BCUT2D eigenvalue weighted by Crippen LogP contribution is 2.24. The van der Waals surface area contributed by atoms with Crippen LogP contribution in [0.5, 0.6) is 0 Å². The van der Waals surface area contributed by atoms with Crippen LogP contribution in [0.2, 0.25) is 0 Å². The van der Waals surface area contributed by atoms with Gasteiger partial charge in [0.2, 0.25) is 10.1 Å². The average molecular weight is 344 g/mol. The largest absolute Gasteiger partial charge is 0.394 e. The maximum Gasteiger partial charge on any atom is 0.275 e. The molecule has 0 aliphatic heterocycles. The second-order valence-corrected chi connectivity index (χ2v) is 6.63. The number of nitrogens with zero attached hydrogens (tertiary/aromatic N) is 3. The van der Waals surface area contributed by atoms with E-state index in [9.17, 15) is 9.90 Å². The van der Waals surface area contributed by atoms with Crippen molar-refractivity contribution >= 4 is 21.4 Å². The highest BCUT2D eigenvalue weighted by molar-refractivity contribution is 7.20. The van der Waals surface area contributed by atoms with Crippen LogP contribution in [0.3, 0.4) is 0 Å². The standard InChI is InChI=1S/C17H20N4O2S/c1-3-13-9-15(23)21-17(18-13)24-16(20-21)19-14(10-22)11(2)12-7-5-4-6-8-12/h4-9,11,14,22H,3,10H2,1-2H3,(H,19,20)/t11-,14+/m1/s1. The second kappa shape index (κ2) is 7.11. The topological polar surface area (TPSA) is 79.5 Å². The minimum Gasteiger partial charge on any atom is -0.394 e. The molecular weight excluding hydrogens is 324 g/mol. The molecule has 2 heterocycles. The normalized spacial score (nSPS) is 13.8. The third-order valence-electron chi connectivity index (χ3n) is 4.09. The number of benzene rings is 1. The van der Waals surface area contributed by atoms with Gasteiger partial charge in [0.05, 0.1) is 12.6 Å². The van der Waals surface area contributed by atoms with Crippen LogP contribution in [0.15, 0.2) is 41.2 Å². The summed E-state index contributed by atoms with van der Waals surface area (Å²) in [5.41, 5.74) is 1.71. The summed E-state index contributed by atoms with van der Waals surface area (Å²) in [4.78, 5) is 17.1. The van der Waals surface area contributed by atoms with E-state index in [0.717, 1.165) is 11.3 Å². The SMILES string of the molecule is CCc1cc(=O)n2nc(N[C@@H](CO)[C@H](C)c3ccccc3)sc2n1. The number of fused-ring (bicyclic) bond motifs is 1. The molecule has 0 spiro atoms. The average Bonchev–Trinajstić information content (AvgIpc) is 3.03. The number of aliphatic hydroxyl groups is 1. The number of aryl methyl sites for hydroxylation is 1. The van der Waals surface area contributed by atoms with Crippen LogP contribution in [0.4, 0.5) is 5.13 Å². The Morgan fingerprint density at radius 1 is 1.33 bits per heavy atom. The van der Waals surface area contributed by atoms with E-state index in [-0.39, 0.29) is 24.1 Å². The number of aromatic nitrogens is 3. The number of nitrogens with one attached hydrogen (secondary N) is 1. The third kappa shape index (κ3) is 3.32. The van der Waals surface area contributed by atoms with E-state index in [4.69, 9.17) is 0 Å². The van der Waals surface area contributed by atoms with Gasteiger partial charge < -0.3 is 10.4 Å². The van der Waals surface area contributed by atoms with Crippen molar-refractivity contribution in [3.05, 3.63) is 58.0 Å². The van der Waals surface area contributed by atoms with Crippen molar-refractivity contribution in [1.29, 1.82) is 0 Å². The molecule has 126 valence electrons. The maximum atomic E-state index is 12.1. The summed E-state index contributed by atoms with van der Waals surface area (Å²) in [6, 6.07) is 11.3. The summed E-state index contributed by atoms with van der Waals surface area (Å²) in [5, 5.41) is 17.9. The molecule has 6 nitrogen and oxygen atoms in total. The molecule has 0 bridgehead atoms. The van der Waals surface area contributed by atoms with E-state index in [1.807, 2.05) is 37.3 Å². The monoisotopic (exact) mass is 344 g/mol. The van der Waals surface area contributed by atoms with Gasteiger partial charge >= 0.3 is 0 Å². The Morgan fingerprint density at radius 2 is 2.08 bits per heavy atom. The molecule has 7 heteroatoms. The van der Waals surface area contributed by atoms with E-state index in [1.54, 1.807) is 0 Å². The number of rotatable bonds is 6. The summed E-state index contributed by atoms with van der Waals surface area (Å²) in [7, 11) is 0. The first kappa shape index (κ1) is 16.6. The van der Waals surface area contributed by atoms with Crippen LogP contribution in [0.25, 0.3) is 4.96 Å². The van der Waals surface area contributed by atoms with Crippen molar-refractivity contribution in [2.45, 2.75) is 32.2 Å². The van der Waals surface area contributed by atoms with E-state index < -0.39 is 0 Å². The lowest BCUT2D eigenvalue weighted by Gasteiger charge is -2.23. The van der Waals surface area contributed by atoms with Gasteiger partial charge in [0, 0.05) is 17.7 Å². The molecule has 3 aromatic rings. The molecule has 0 unspecified atom stereocenters. The van der Waals surface area contributed by atoms with Gasteiger partial charge in [-0.05, 0) is 12.0 Å². The predicted octanol–water partition coefficient (Wildman–Crippen LogP) is 2.29. The Labute approximate surface area is 143 Å². The maximum absolute atomic E-state index is 12.1. The third-order valence-corrected chi connectivity index (χ3v) is 4.93. The lowest BCUT2D eigenvalue weighted by molar-refractivity contribution is 0.262. The molecule has 0 aliphatic carbocycles. The van der Waals surface area contributed by atoms with Crippen LogP contribution in [0, 0.1) is 0 Å². The van der Waals surface area contributed by atoms with Crippen LogP contribution in [0.1, 0.15) is 31.0 Å². The van der Waals surface area contributed by atoms with E-state index in [2.05, 4.69) is 22.3 Å². The second-order valence-electron chi connectivity index (χ2n) is 5.67. The van der Waals surface area contributed by atoms with Gasteiger partial charge in [-0.3, -0.25) is 4.79 Å². The number of anilines is 1. The van der Waals surface area contributed by atoms with Gasteiger partial charge in [-0.1, -0.05) is 55.5 Å². The van der Waals surface area contributed by atoms with Crippen molar-refractivity contribution in [3.8, 4) is 0 Å². The molecule has 0 saturated carbocycles. The highest BCUT2D eigenvalue weighted by Gasteiger charge is 2.20.